The van der Waals surface area contributed by atoms with E-state index in [9.17, 15) is 0 Å². The van der Waals surface area contributed by atoms with Crippen molar-refractivity contribution in [3.05, 3.63) is 59.7 Å². The highest BCUT2D eigenvalue weighted by Gasteiger charge is 2.25. The van der Waals surface area contributed by atoms with E-state index < -0.39 is 0 Å². The minimum atomic E-state index is 0.274. The first-order valence-electron chi connectivity index (χ1n) is 6.32. The molecule has 96 valence electrons. The number of aryl methyl sites for hydroxylation is 1. The third-order valence-electron chi connectivity index (χ3n) is 3.50. The smallest absolute Gasteiger partial charge is 0.0134 e. The fraction of sp³-hybridized carbons (Fsp3) is 0.375. The van der Waals surface area contributed by atoms with E-state index in [0.29, 0.717) is 0 Å². The van der Waals surface area contributed by atoms with E-state index in [1.54, 1.807) is 0 Å². The molecule has 0 amide bonds. The Labute approximate surface area is 126 Å². The molecule has 0 fully saturated rings. The second-order valence-electron chi connectivity index (χ2n) is 4.93. The van der Waals surface area contributed by atoms with Gasteiger partial charge in [-0.1, -0.05) is 86.0 Å². The Hall–Kier alpha value is -0.340. The average Bonchev–Trinajstić information content (AvgIpc) is 2.47. The van der Waals surface area contributed by atoms with Gasteiger partial charge in [0.2, 0.25) is 0 Å². The summed E-state index contributed by atoms with van der Waals surface area (Å²) < 4.78 is 0. The summed E-state index contributed by atoms with van der Waals surface area (Å²) in [5.41, 5.74) is 3.16. The Balaban J connectivity index is 1.90. The second kappa shape index (κ2) is 6.72. The van der Waals surface area contributed by atoms with E-state index in [1.165, 1.54) is 11.1 Å². The highest BCUT2D eigenvalue weighted by atomic mass is 79.9. The molecular weight excluding hydrogens is 352 g/mol. The quantitative estimate of drug-likeness (QED) is 0.619. The average molecular weight is 370 g/mol. The predicted octanol–water partition coefficient (Wildman–Crippen LogP) is 5.28. The molecule has 1 aliphatic carbocycles. The van der Waals surface area contributed by atoms with Crippen LogP contribution in [0.1, 0.15) is 18.4 Å². The van der Waals surface area contributed by atoms with Crippen molar-refractivity contribution >= 4 is 31.9 Å². The summed E-state index contributed by atoms with van der Waals surface area (Å²) in [6.45, 7) is 0. The van der Waals surface area contributed by atoms with Gasteiger partial charge in [-0.3, -0.25) is 0 Å². The van der Waals surface area contributed by atoms with Gasteiger partial charge in [-0.2, -0.15) is 0 Å². The monoisotopic (exact) mass is 368 g/mol. The van der Waals surface area contributed by atoms with Crippen LogP contribution in [0.4, 0.5) is 0 Å². The van der Waals surface area contributed by atoms with Crippen LogP contribution in [-0.2, 0) is 6.42 Å². The molecule has 2 heteroatoms. The molecule has 1 aliphatic rings. The molecule has 0 atom stereocenters. The minimum Gasteiger partial charge on any atom is -0.0918 e. The Morgan fingerprint density at radius 3 is 2.28 bits per heavy atom. The van der Waals surface area contributed by atoms with Crippen LogP contribution in [0.25, 0.3) is 0 Å². The second-order valence-corrected chi connectivity index (χ2v) is 6.05. The Morgan fingerprint density at radius 2 is 1.72 bits per heavy atom. The van der Waals surface area contributed by atoms with Crippen LogP contribution in [0.2, 0.25) is 0 Å². The number of alkyl halides is 2. The first kappa shape index (κ1) is 14.1. The fourth-order valence-electron chi connectivity index (χ4n) is 2.11. The topological polar surface area (TPSA) is 0 Å². The molecule has 0 saturated heterocycles. The molecule has 0 radical (unpaired) electrons. The van der Waals surface area contributed by atoms with Gasteiger partial charge >= 0.3 is 0 Å². The number of hydrogen-bond donors (Lipinski definition) is 0. The summed E-state index contributed by atoms with van der Waals surface area (Å²) in [6, 6.07) is 10.7. The maximum absolute atomic E-state index is 3.61. The molecule has 0 unspecified atom stereocenters. The van der Waals surface area contributed by atoms with Crippen molar-refractivity contribution in [1.82, 2.24) is 0 Å². The summed E-state index contributed by atoms with van der Waals surface area (Å²) >= 11 is 7.23. The number of benzene rings is 1. The van der Waals surface area contributed by atoms with Crippen LogP contribution >= 0.6 is 31.9 Å². The highest BCUT2D eigenvalue weighted by molar-refractivity contribution is 9.09. The largest absolute Gasteiger partial charge is 0.0918 e. The van der Waals surface area contributed by atoms with Crippen molar-refractivity contribution in [2.24, 2.45) is 5.41 Å². The number of halogens is 2. The highest BCUT2D eigenvalue weighted by Crippen LogP contribution is 2.34. The Morgan fingerprint density at radius 1 is 1.00 bits per heavy atom. The zero-order chi connectivity index (χ0) is 12.8. The third kappa shape index (κ3) is 3.58. The first-order valence-corrected chi connectivity index (χ1v) is 8.56. The molecule has 0 heterocycles. The van der Waals surface area contributed by atoms with Crippen LogP contribution in [0, 0.1) is 5.41 Å². The lowest BCUT2D eigenvalue weighted by molar-refractivity contribution is 0.510. The molecule has 0 N–H and O–H groups in total. The summed E-state index contributed by atoms with van der Waals surface area (Å²) in [7, 11) is 0. The van der Waals surface area contributed by atoms with Crippen molar-refractivity contribution < 1.29 is 0 Å². The Bertz CT molecular complexity index is 428. The summed E-state index contributed by atoms with van der Waals surface area (Å²) in [5.74, 6) is 0. The molecule has 0 saturated carbocycles. The lowest BCUT2D eigenvalue weighted by Gasteiger charge is -2.28. The molecule has 0 aromatic heterocycles. The van der Waals surface area contributed by atoms with Gasteiger partial charge in [-0.25, -0.2) is 0 Å². The van der Waals surface area contributed by atoms with Crippen LogP contribution < -0.4 is 0 Å². The zero-order valence-corrected chi connectivity index (χ0v) is 13.6. The normalized spacial score (nSPS) is 17.6. The van der Waals surface area contributed by atoms with Crippen molar-refractivity contribution in [3.8, 4) is 0 Å². The number of hydrogen-bond acceptors (Lipinski definition) is 0. The van der Waals surface area contributed by atoms with Crippen LogP contribution in [0.5, 0.6) is 0 Å². The van der Waals surface area contributed by atoms with Crippen molar-refractivity contribution in [2.45, 2.75) is 19.3 Å². The maximum atomic E-state index is 3.61. The van der Waals surface area contributed by atoms with Crippen molar-refractivity contribution in [1.29, 1.82) is 0 Å². The number of rotatable bonds is 5. The molecule has 1 aromatic carbocycles. The van der Waals surface area contributed by atoms with Gasteiger partial charge in [0, 0.05) is 16.1 Å². The van der Waals surface area contributed by atoms with Crippen LogP contribution in [0.3, 0.4) is 0 Å². The van der Waals surface area contributed by atoms with Crippen molar-refractivity contribution in [3.63, 3.8) is 0 Å². The fourth-order valence-corrected chi connectivity index (χ4v) is 3.87. The van der Waals surface area contributed by atoms with E-state index in [4.69, 9.17) is 0 Å². The Kier molecular flexibility index (Phi) is 5.25. The van der Waals surface area contributed by atoms with Gasteiger partial charge in [-0.05, 0) is 24.8 Å². The van der Waals surface area contributed by atoms with E-state index in [-0.39, 0.29) is 5.41 Å². The van der Waals surface area contributed by atoms with Gasteiger partial charge in [-0.15, -0.1) is 0 Å². The van der Waals surface area contributed by atoms with E-state index in [0.717, 1.165) is 29.9 Å². The molecular formula is C16H18Br2. The maximum Gasteiger partial charge on any atom is 0.0134 e. The lowest BCUT2D eigenvalue weighted by Crippen LogP contribution is -2.23. The van der Waals surface area contributed by atoms with Crippen LogP contribution in [0.15, 0.2) is 54.1 Å². The van der Waals surface area contributed by atoms with E-state index >= 15 is 0 Å². The zero-order valence-electron chi connectivity index (χ0n) is 10.4. The lowest BCUT2D eigenvalue weighted by atomic mass is 9.83. The summed E-state index contributed by atoms with van der Waals surface area (Å²) in [5, 5.41) is 2.04. The number of allylic oxidation sites excluding steroid dienone is 4. The van der Waals surface area contributed by atoms with E-state index in [1.807, 2.05) is 0 Å². The first-order chi connectivity index (χ1) is 8.78. The van der Waals surface area contributed by atoms with Crippen LogP contribution in [-0.4, -0.2) is 10.7 Å². The molecule has 2 rings (SSSR count). The summed E-state index contributed by atoms with van der Waals surface area (Å²) in [6.07, 6.45) is 10.5. The minimum absolute atomic E-state index is 0.274. The van der Waals surface area contributed by atoms with E-state index in [2.05, 4.69) is 80.4 Å². The predicted molar refractivity (Wildman–Crippen MR) is 86.6 cm³/mol. The van der Waals surface area contributed by atoms with Gasteiger partial charge in [0.05, 0.1) is 0 Å². The molecule has 0 bridgehead atoms. The molecule has 0 spiro atoms. The van der Waals surface area contributed by atoms with Crippen molar-refractivity contribution in [2.75, 3.05) is 10.7 Å². The van der Waals surface area contributed by atoms with Gasteiger partial charge in [0.25, 0.3) is 0 Å². The third-order valence-corrected chi connectivity index (χ3v) is 5.73. The molecule has 0 aliphatic heterocycles. The molecule has 0 nitrogen and oxygen atoms in total. The summed E-state index contributed by atoms with van der Waals surface area (Å²) in [4.78, 5) is 0. The molecule has 1 aromatic rings. The van der Waals surface area contributed by atoms with Gasteiger partial charge in [0.15, 0.2) is 0 Å². The standard InChI is InChI=1S/C16H18Br2/c17-12-16(13-18)10-8-15(9-11-16)7-6-14-4-2-1-3-5-14/h1-5,8-10H,6-7,11-13H2. The van der Waals surface area contributed by atoms with Gasteiger partial charge < -0.3 is 0 Å². The van der Waals surface area contributed by atoms with Gasteiger partial charge in [0.1, 0.15) is 0 Å². The SMILES string of the molecule is BrCC1(CBr)C=CC(CCc2ccccc2)=CC1. The molecule has 18 heavy (non-hydrogen) atoms.